The molecule has 0 aromatic heterocycles. The van der Waals surface area contributed by atoms with Crippen molar-refractivity contribution in [2.24, 2.45) is 0 Å². The van der Waals surface area contributed by atoms with E-state index in [1.807, 2.05) is 32.0 Å². The van der Waals surface area contributed by atoms with Gasteiger partial charge in [-0.05, 0) is 55.3 Å². The molecule has 1 nitrogen and oxygen atoms in total. The van der Waals surface area contributed by atoms with Gasteiger partial charge in [-0.25, -0.2) is 4.39 Å². The summed E-state index contributed by atoms with van der Waals surface area (Å²) < 4.78 is 14.2. The summed E-state index contributed by atoms with van der Waals surface area (Å²) in [6.45, 7) is 4.07. The number of hydrogen-bond donors (Lipinski definition) is 1. The van der Waals surface area contributed by atoms with Gasteiger partial charge in [0.25, 0.3) is 0 Å². The van der Waals surface area contributed by atoms with E-state index in [0.29, 0.717) is 0 Å². The second-order valence-electron chi connectivity index (χ2n) is 4.38. The van der Waals surface area contributed by atoms with Gasteiger partial charge in [-0.3, -0.25) is 0 Å². The van der Waals surface area contributed by atoms with Crippen LogP contribution in [0, 0.1) is 12.7 Å². The molecule has 0 amide bonds. The fraction of sp³-hybridized carbons (Fsp3) is 0.200. The quantitative estimate of drug-likeness (QED) is 0.834. The van der Waals surface area contributed by atoms with Crippen molar-refractivity contribution in [3.05, 3.63) is 63.9 Å². The zero-order valence-electron chi connectivity index (χ0n) is 10.4. The van der Waals surface area contributed by atoms with Gasteiger partial charge < -0.3 is 5.32 Å². The van der Waals surface area contributed by atoms with Crippen LogP contribution in [-0.2, 0) is 0 Å². The van der Waals surface area contributed by atoms with Crippen LogP contribution >= 0.6 is 15.9 Å². The van der Waals surface area contributed by atoms with Gasteiger partial charge in [0, 0.05) is 16.2 Å². The van der Waals surface area contributed by atoms with Gasteiger partial charge in [0.05, 0.1) is 0 Å². The Morgan fingerprint density at radius 2 is 1.94 bits per heavy atom. The zero-order valence-corrected chi connectivity index (χ0v) is 12.0. The number of benzene rings is 2. The van der Waals surface area contributed by atoms with Crippen LogP contribution in [0.25, 0.3) is 0 Å². The van der Waals surface area contributed by atoms with Gasteiger partial charge in [-0.2, -0.15) is 0 Å². The summed E-state index contributed by atoms with van der Waals surface area (Å²) in [4.78, 5) is 0. The zero-order chi connectivity index (χ0) is 13.1. The Bertz CT molecular complexity index is 554. The van der Waals surface area contributed by atoms with E-state index in [4.69, 9.17) is 0 Å². The fourth-order valence-electron chi connectivity index (χ4n) is 1.88. The van der Waals surface area contributed by atoms with E-state index in [2.05, 4.69) is 27.3 Å². The molecule has 18 heavy (non-hydrogen) atoms. The van der Waals surface area contributed by atoms with E-state index in [9.17, 15) is 4.39 Å². The standard InChI is InChI=1S/C15H15BrFN/c1-10-8-13(16)6-7-15(10)18-11(2)12-4-3-5-14(17)9-12/h3-9,11,18H,1-2H3. The topological polar surface area (TPSA) is 12.0 Å². The van der Waals surface area contributed by atoms with E-state index >= 15 is 0 Å². The first kappa shape index (κ1) is 13.1. The maximum absolute atomic E-state index is 13.2. The van der Waals surface area contributed by atoms with Gasteiger partial charge in [-0.15, -0.1) is 0 Å². The van der Waals surface area contributed by atoms with Crippen LogP contribution in [0.5, 0.6) is 0 Å². The molecule has 1 atom stereocenters. The van der Waals surface area contributed by atoms with Crippen molar-refractivity contribution in [2.45, 2.75) is 19.9 Å². The van der Waals surface area contributed by atoms with E-state index in [-0.39, 0.29) is 11.9 Å². The first-order chi connectivity index (χ1) is 8.56. The minimum absolute atomic E-state index is 0.0700. The monoisotopic (exact) mass is 307 g/mol. The van der Waals surface area contributed by atoms with Crippen LogP contribution in [0.15, 0.2) is 46.9 Å². The summed E-state index contributed by atoms with van der Waals surface area (Å²) in [6.07, 6.45) is 0. The maximum Gasteiger partial charge on any atom is 0.123 e. The van der Waals surface area contributed by atoms with Gasteiger partial charge >= 0.3 is 0 Å². The highest BCUT2D eigenvalue weighted by Gasteiger charge is 2.07. The molecule has 94 valence electrons. The smallest absolute Gasteiger partial charge is 0.123 e. The first-order valence-electron chi connectivity index (χ1n) is 5.84. The molecule has 1 unspecified atom stereocenters. The molecule has 0 saturated heterocycles. The van der Waals surface area contributed by atoms with Gasteiger partial charge in [0.1, 0.15) is 5.82 Å². The van der Waals surface area contributed by atoms with Crippen molar-refractivity contribution in [2.75, 3.05) is 5.32 Å². The van der Waals surface area contributed by atoms with E-state index in [0.717, 1.165) is 21.3 Å². The molecule has 0 aliphatic carbocycles. The molecule has 2 aromatic carbocycles. The third-order valence-electron chi connectivity index (χ3n) is 2.91. The minimum Gasteiger partial charge on any atom is -0.378 e. The Hall–Kier alpha value is -1.35. The van der Waals surface area contributed by atoms with Gasteiger partial charge in [-0.1, -0.05) is 28.1 Å². The van der Waals surface area contributed by atoms with Crippen molar-refractivity contribution in [3.8, 4) is 0 Å². The number of halogens is 2. The largest absolute Gasteiger partial charge is 0.378 e. The Labute approximate surface area is 115 Å². The Balaban J connectivity index is 2.18. The van der Waals surface area contributed by atoms with Crippen LogP contribution in [0.1, 0.15) is 24.1 Å². The predicted molar refractivity (Wildman–Crippen MR) is 77.3 cm³/mol. The van der Waals surface area contributed by atoms with Crippen LogP contribution in [0.3, 0.4) is 0 Å². The van der Waals surface area contributed by atoms with E-state index in [1.54, 1.807) is 12.1 Å². The predicted octanol–water partition coefficient (Wildman–Crippen LogP) is 5.07. The van der Waals surface area contributed by atoms with Crippen LogP contribution < -0.4 is 5.32 Å². The number of anilines is 1. The van der Waals surface area contributed by atoms with Crippen molar-refractivity contribution >= 4 is 21.6 Å². The molecule has 0 radical (unpaired) electrons. The molecular weight excluding hydrogens is 293 g/mol. The minimum atomic E-state index is -0.200. The summed E-state index contributed by atoms with van der Waals surface area (Å²) in [7, 11) is 0. The van der Waals surface area contributed by atoms with E-state index < -0.39 is 0 Å². The molecule has 3 heteroatoms. The molecule has 0 heterocycles. The summed E-state index contributed by atoms with van der Waals surface area (Å²) in [5, 5.41) is 3.39. The first-order valence-corrected chi connectivity index (χ1v) is 6.64. The van der Waals surface area contributed by atoms with Crippen LogP contribution in [-0.4, -0.2) is 0 Å². The van der Waals surface area contributed by atoms with Crippen LogP contribution in [0.4, 0.5) is 10.1 Å². The van der Waals surface area contributed by atoms with Gasteiger partial charge in [0.15, 0.2) is 0 Å². The lowest BCUT2D eigenvalue weighted by Crippen LogP contribution is -2.07. The van der Waals surface area contributed by atoms with Gasteiger partial charge in [0.2, 0.25) is 0 Å². The molecule has 1 N–H and O–H groups in total. The Morgan fingerprint density at radius 1 is 1.17 bits per heavy atom. The molecule has 0 saturated carbocycles. The number of rotatable bonds is 3. The highest BCUT2D eigenvalue weighted by atomic mass is 79.9. The van der Waals surface area contributed by atoms with Crippen LogP contribution in [0.2, 0.25) is 0 Å². The van der Waals surface area contributed by atoms with Crippen molar-refractivity contribution in [1.82, 2.24) is 0 Å². The Morgan fingerprint density at radius 3 is 2.61 bits per heavy atom. The lowest BCUT2D eigenvalue weighted by Gasteiger charge is -2.17. The second-order valence-corrected chi connectivity index (χ2v) is 5.30. The number of aryl methyl sites for hydroxylation is 1. The summed E-state index contributed by atoms with van der Waals surface area (Å²) in [6, 6.07) is 12.8. The molecule has 0 fully saturated rings. The molecule has 0 bridgehead atoms. The van der Waals surface area contributed by atoms with Crippen molar-refractivity contribution in [1.29, 1.82) is 0 Å². The average Bonchev–Trinajstić information content (AvgIpc) is 2.32. The second kappa shape index (κ2) is 5.53. The summed E-state index contributed by atoms with van der Waals surface area (Å²) in [5.41, 5.74) is 3.17. The average molecular weight is 308 g/mol. The van der Waals surface area contributed by atoms with Crippen molar-refractivity contribution in [3.63, 3.8) is 0 Å². The van der Waals surface area contributed by atoms with Crippen molar-refractivity contribution < 1.29 is 4.39 Å². The van der Waals surface area contributed by atoms with E-state index in [1.165, 1.54) is 6.07 Å². The summed E-state index contributed by atoms with van der Waals surface area (Å²) in [5.74, 6) is -0.200. The molecule has 0 aliphatic heterocycles. The highest BCUT2D eigenvalue weighted by Crippen LogP contribution is 2.24. The fourth-order valence-corrected chi connectivity index (χ4v) is 2.36. The normalized spacial score (nSPS) is 12.2. The third kappa shape index (κ3) is 3.10. The third-order valence-corrected chi connectivity index (χ3v) is 3.40. The highest BCUT2D eigenvalue weighted by molar-refractivity contribution is 9.10. The molecular formula is C15H15BrFN. The number of hydrogen-bond acceptors (Lipinski definition) is 1. The lowest BCUT2D eigenvalue weighted by molar-refractivity contribution is 0.623. The SMILES string of the molecule is Cc1cc(Br)ccc1NC(C)c1cccc(F)c1. The number of nitrogens with one attached hydrogen (secondary N) is 1. The molecule has 0 spiro atoms. The molecule has 2 rings (SSSR count). The summed E-state index contributed by atoms with van der Waals surface area (Å²) >= 11 is 3.44. The maximum atomic E-state index is 13.2. The molecule has 2 aromatic rings. The molecule has 0 aliphatic rings. The lowest BCUT2D eigenvalue weighted by atomic mass is 10.1. The Kier molecular flexibility index (Phi) is 4.02.